The molecule has 1 aliphatic heterocycles. The summed E-state index contributed by atoms with van der Waals surface area (Å²) in [5.41, 5.74) is 1.45. The van der Waals surface area contributed by atoms with Crippen LogP contribution in [0.15, 0.2) is 76.7 Å². The van der Waals surface area contributed by atoms with Crippen LogP contribution in [-0.4, -0.2) is 70.1 Å². The molecule has 0 unspecified atom stereocenters. The fraction of sp³-hybridized carbons (Fsp3) is 0.320. The first-order chi connectivity index (χ1) is 20.2. The molecule has 0 aliphatic carbocycles. The fourth-order valence-corrected chi connectivity index (χ4v) is 5.69. The minimum atomic E-state index is -4.15. The number of ether oxygens (including phenoxy) is 5. The van der Waals surface area contributed by atoms with Gasteiger partial charge in [0.1, 0.15) is 19.6 Å². The number of sulfonamides is 1. The van der Waals surface area contributed by atoms with Crippen LogP contribution in [0.5, 0.6) is 0 Å². The Labute approximate surface area is 247 Å². The minimum Gasteiger partial charge on any atom is -0.429 e. The molecule has 1 aliphatic rings. The zero-order valence-electron chi connectivity index (χ0n) is 22.4. The molecule has 0 fully saturated rings. The van der Waals surface area contributed by atoms with E-state index in [0.29, 0.717) is 0 Å². The van der Waals surface area contributed by atoms with Crippen LogP contribution in [0.2, 0.25) is 0 Å². The fourth-order valence-electron chi connectivity index (χ4n) is 3.01. The summed E-state index contributed by atoms with van der Waals surface area (Å²) in [5.74, 6) is 0. The van der Waals surface area contributed by atoms with Crippen molar-refractivity contribution in [3.63, 3.8) is 0 Å². The van der Waals surface area contributed by atoms with Crippen LogP contribution in [0.1, 0.15) is 11.1 Å². The second-order valence-electron chi connectivity index (χ2n) is 8.05. The number of benzene rings is 2. The van der Waals surface area contributed by atoms with Gasteiger partial charge in [-0.05, 0) is 17.4 Å². The zero-order valence-corrected chi connectivity index (χ0v) is 25.0. The van der Waals surface area contributed by atoms with Gasteiger partial charge in [0.25, 0.3) is 10.0 Å². The molecule has 17 heteroatoms. The predicted molar refractivity (Wildman–Crippen MR) is 151 cm³/mol. The van der Waals surface area contributed by atoms with Crippen molar-refractivity contribution in [3.05, 3.63) is 83.4 Å². The standard InChI is InChI=1S/C25H29N2O12PS2/c1-41-23-26-42(31,32)15-13-27(23)12-14-33-20-40(30,38-18-36-24(28)34-16-21-8-4-2-5-9-21)39-19-37-25(29)35-17-22-10-6-3-7-11-22/h2-11,13,15H,12,14,16-20H2,1H3. The van der Waals surface area contributed by atoms with Crippen LogP contribution >= 0.6 is 19.4 Å². The molecular formula is C25H29N2O12PS2. The lowest BCUT2D eigenvalue weighted by molar-refractivity contribution is -0.0284. The van der Waals surface area contributed by atoms with Gasteiger partial charge in [-0.15, -0.1) is 4.40 Å². The van der Waals surface area contributed by atoms with Gasteiger partial charge in [-0.25, -0.2) is 9.59 Å². The Hall–Kier alpha value is -3.40. The van der Waals surface area contributed by atoms with Crippen molar-refractivity contribution in [2.75, 3.05) is 39.3 Å². The van der Waals surface area contributed by atoms with E-state index in [-0.39, 0.29) is 31.5 Å². The van der Waals surface area contributed by atoms with Crippen LogP contribution < -0.4 is 0 Å². The molecule has 0 atom stereocenters. The molecule has 1 heterocycles. The smallest absolute Gasteiger partial charge is 0.429 e. The molecule has 0 N–H and O–H groups in total. The lowest BCUT2D eigenvalue weighted by atomic mass is 10.2. The van der Waals surface area contributed by atoms with E-state index in [1.54, 1.807) is 54.8 Å². The van der Waals surface area contributed by atoms with Crippen LogP contribution in [0.3, 0.4) is 0 Å². The largest absolute Gasteiger partial charge is 0.510 e. The van der Waals surface area contributed by atoms with Crippen LogP contribution in [0.25, 0.3) is 0 Å². The van der Waals surface area contributed by atoms with Crippen molar-refractivity contribution >= 4 is 46.9 Å². The maximum Gasteiger partial charge on any atom is 0.510 e. The van der Waals surface area contributed by atoms with E-state index < -0.39 is 49.9 Å². The van der Waals surface area contributed by atoms with Gasteiger partial charge in [-0.3, -0.25) is 13.6 Å². The van der Waals surface area contributed by atoms with Gasteiger partial charge in [-0.2, -0.15) is 8.42 Å². The third-order valence-corrected chi connectivity index (χ3v) is 8.22. The summed E-state index contributed by atoms with van der Waals surface area (Å²) in [7, 11) is -7.84. The first kappa shape index (κ1) is 33.1. The lowest BCUT2D eigenvalue weighted by Gasteiger charge is -2.23. The Morgan fingerprint density at radius 2 is 1.38 bits per heavy atom. The third kappa shape index (κ3) is 12.2. The highest BCUT2D eigenvalue weighted by Gasteiger charge is 2.28. The first-order valence-corrected chi connectivity index (χ1v) is 16.6. The van der Waals surface area contributed by atoms with Gasteiger partial charge < -0.3 is 28.6 Å². The van der Waals surface area contributed by atoms with Crippen molar-refractivity contribution in [2.45, 2.75) is 13.2 Å². The molecule has 0 aromatic heterocycles. The normalized spacial score (nSPS) is 14.1. The Balaban J connectivity index is 1.47. The second-order valence-corrected chi connectivity index (χ2v) is 12.3. The molecule has 228 valence electrons. The highest BCUT2D eigenvalue weighted by Crippen LogP contribution is 2.48. The molecule has 3 rings (SSSR count). The quantitative estimate of drug-likeness (QED) is 0.114. The highest BCUT2D eigenvalue weighted by atomic mass is 32.2. The monoisotopic (exact) mass is 644 g/mol. The average molecular weight is 645 g/mol. The lowest BCUT2D eigenvalue weighted by Crippen LogP contribution is -2.30. The molecule has 0 saturated carbocycles. The summed E-state index contributed by atoms with van der Waals surface area (Å²) in [5, 5.41) is 1.16. The summed E-state index contributed by atoms with van der Waals surface area (Å²) in [6, 6.07) is 17.7. The minimum absolute atomic E-state index is 0.0521. The summed E-state index contributed by atoms with van der Waals surface area (Å²) in [4.78, 5) is 25.3. The SMILES string of the molecule is CSC1=NS(=O)(=O)C=CN1CCOCP(=O)(OCOC(=O)OCc1ccccc1)OCOC(=O)OCc1ccccc1. The summed E-state index contributed by atoms with van der Waals surface area (Å²) in [6.07, 6.45) is 0.200. The van der Waals surface area contributed by atoms with Gasteiger partial charge in [0, 0.05) is 12.7 Å². The van der Waals surface area contributed by atoms with Crippen LogP contribution in [0.4, 0.5) is 9.59 Å². The van der Waals surface area contributed by atoms with Crippen LogP contribution in [-0.2, 0) is 60.5 Å². The average Bonchev–Trinajstić information content (AvgIpc) is 2.98. The van der Waals surface area contributed by atoms with Crippen molar-refractivity contribution in [3.8, 4) is 0 Å². The topological polar surface area (TPSA) is 166 Å². The van der Waals surface area contributed by atoms with Crippen molar-refractivity contribution < 1.29 is 55.3 Å². The van der Waals surface area contributed by atoms with E-state index in [1.807, 2.05) is 12.1 Å². The highest BCUT2D eigenvalue weighted by molar-refractivity contribution is 8.14. The van der Waals surface area contributed by atoms with Crippen LogP contribution in [0, 0.1) is 0 Å². The number of hydrogen-bond acceptors (Lipinski definition) is 14. The summed E-state index contributed by atoms with van der Waals surface area (Å²) < 4.78 is 75.4. The number of amidine groups is 1. The predicted octanol–water partition coefficient (Wildman–Crippen LogP) is 4.64. The van der Waals surface area contributed by atoms with Gasteiger partial charge in [0.2, 0.25) is 13.6 Å². The number of carbonyl (C=O) groups is 2. The number of nitrogens with zero attached hydrogens (tertiary/aromatic N) is 2. The Morgan fingerprint density at radius 3 is 1.88 bits per heavy atom. The number of thioether (sulfide) groups is 1. The van der Waals surface area contributed by atoms with E-state index in [9.17, 15) is 22.6 Å². The molecule has 0 saturated heterocycles. The van der Waals surface area contributed by atoms with Gasteiger partial charge in [-0.1, -0.05) is 72.4 Å². The summed E-state index contributed by atoms with van der Waals surface area (Å²) >= 11 is 1.12. The van der Waals surface area contributed by atoms with Crippen molar-refractivity contribution in [1.29, 1.82) is 0 Å². The van der Waals surface area contributed by atoms with E-state index in [1.165, 1.54) is 11.1 Å². The number of carbonyl (C=O) groups excluding carboxylic acids is 2. The van der Waals surface area contributed by atoms with Gasteiger partial charge in [0.15, 0.2) is 5.17 Å². The number of hydrogen-bond donors (Lipinski definition) is 0. The Morgan fingerprint density at radius 1 is 0.857 bits per heavy atom. The molecule has 0 bridgehead atoms. The van der Waals surface area contributed by atoms with Crippen molar-refractivity contribution in [2.24, 2.45) is 4.40 Å². The summed E-state index contributed by atoms with van der Waals surface area (Å²) in [6.45, 7) is -1.64. The molecule has 42 heavy (non-hydrogen) atoms. The van der Waals surface area contributed by atoms with E-state index in [4.69, 9.17) is 32.7 Å². The molecule has 2 aromatic rings. The van der Waals surface area contributed by atoms with Gasteiger partial charge in [0.05, 0.1) is 12.0 Å². The number of rotatable bonds is 15. The first-order valence-electron chi connectivity index (χ1n) is 12.1. The second kappa shape index (κ2) is 16.9. The third-order valence-electron chi connectivity index (χ3n) is 5.02. The molecule has 2 aromatic carbocycles. The molecule has 0 amide bonds. The van der Waals surface area contributed by atoms with E-state index >= 15 is 0 Å². The molecular weight excluding hydrogens is 615 g/mol. The maximum atomic E-state index is 13.2. The Bertz CT molecular complexity index is 1310. The zero-order chi connectivity index (χ0) is 30.3. The molecule has 14 nitrogen and oxygen atoms in total. The van der Waals surface area contributed by atoms with Crippen molar-refractivity contribution in [1.82, 2.24) is 4.90 Å². The maximum absolute atomic E-state index is 13.2. The molecule has 0 spiro atoms. The van der Waals surface area contributed by atoms with Gasteiger partial charge >= 0.3 is 19.9 Å². The van der Waals surface area contributed by atoms with E-state index in [0.717, 1.165) is 28.3 Å². The Kier molecular flexibility index (Phi) is 13.3. The van der Waals surface area contributed by atoms with E-state index in [2.05, 4.69) is 4.40 Å². The molecule has 0 radical (unpaired) electrons.